The fraction of sp³-hybridized carbons (Fsp3) is 0.350. The van der Waals surface area contributed by atoms with Crippen molar-refractivity contribution in [2.45, 2.75) is 13.1 Å². The van der Waals surface area contributed by atoms with Gasteiger partial charge in [0.2, 0.25) is 0 Å². The van der Waals surface area contributed by atoms with Crippen molar-refractivity contribution in [2.24, 2.45) is 0 Å². The van der Waals surface area contributed by atoms with E-state index in [1.54, 1.807) is 12.1 Å². The fourth-order valence-corrected chi connectivity index (χ4v) is 3.24. The van der Waals surface area contributed by atoms with Crippen molar-refractivity contribution in [3.63, 3.8) is 0 Å². The number of carbonyl (C=O) groups is 1. The molecule has 1 N–H and O–H groups in total. The normalized spacial score (nSPS) is 15.5. The molecule has 28 heavy (non-hydrogen) atoms. The molecule has 0 saturated carbocycles. The second-order valence-electron chi connectivity index (χ2n) is 6.58. The lowest BCUT2D eigenvalue weighted by Crippen LogP contribution is -2.46. The average Bonchev–Trinajstić information content (AvgIpc) is 2.68. The van der Waals surface area contributed by atoms with Gasteiger partial charge in [0.1, 0.15) is 5.82 Å². The molecule has 1 aliphatic rings. The predicted octanol–water partition coefficient (Wildman–Crippen LogP) is 4.24. The topological polar surface area (TPSA) is 35.6 Å². The van der Waals surface area contributed by atoms with Crippen LogP contribution in [0.1, 0.15) is 22.8 Å². The van der Waals surface area contributed by atoms with Crippen LogP contribution >= 0.6 is 0 Å². The smallest absolute Gasteiger partial charge is 0.367 e. The van der Waals surface area contributed by atoms with Crippen molar-refractivity contribution in [3.8, 4) is 0 Å². The molecule has 1 heterocycles. The Morgan fingerprint density at radius 1 is 1.07 bits per heavy atom. The summed E-state index contributed by atoms with van der Waals surface area (Å²) in [5.74, 6) is -2.12. The predicted molar refractivity (Wildman–Crippen MR) is 100 cm³/mol. The number of benzene rings is 2. The SMILES string of the molecule is CCN1CCN(c2ccccc2NC(=O)c2ccc(F)c(C(F)(F)F)c2)CC1. The number of para-hydroxylation sites is 2. The van der Waals surface area contributed by atoms with Crippen LogP contribution in [-0.4, -0.2) is 43.5 Å². The van der Waals surface area contributed by atoms with E-state index < -0.39 is 23.5 Å². The van der Waals surface area contributed by atoms with Gasteiger partial charge in [0.05, 0.1) is 16.9 Å². The van der Waals surface area contributed by atoms with Crippen LogP contribution in [0.25, 0.3) is 0 Å². The molecule has 3 rings (SSSR count). The van der Waals surface area contributed by atoms with Gasteiger partial charge in [-0.3, -0.25) is 4.79 Å². The summed E-state index contributed by atoms with van der Waals surface area (Å²) < 4.78 is 52.2. The van der Waals surface area contributed by atoms with Crippen LogP contribution in [0.15, 0.2) is 42.5 Å². The molecule has 0 unspecified atom stereocenters. The molecule has 2 aromatic rings. The van der Waals surface area contributed by atoms with Crippen molar-refractivity contribution in [2.75, 3.05) is 42.9 Å². The zero-order valence-corrected chi connectivity index (χ0v) is 15.4. The molecular formula is C20H21F4N3O. The number of alkyl halides is 3. The standard InChI is InChI=1S/C20H21F4N3O/c1-2-26-9-11-27(12-10-26)18-6-4-3-5-17(18)25-19(28)14-7-8-16(21)15(13-14)20(22,23)24/h3-8,13H,2,9-12H2,1H3,(H,25,28). The van der Waals surface area contributed by atoms with Crippen LogP contribution in [0.2, 0.25) is 0 Å². The van der Waals surface area contributed by atoms with Crippen LogP contribution in [0.5, 0.6) is 0 Å². The van der Waals surface area contributed by atoms with Gasteiger partial charge < -0.3 is 15.1 Å². The van der Waals surface area contributed by atoms with Crippen LogP contribution in [0.3, 0.4) is 0 Å². The monoisotopic (exact) mass is 395 g/mol. The highest BCUT2D eigenvalue weighted by molar-refractivity contribution is 6.06. The molecule has 1 saturated heterocycles. The molecule has 0 spiro atoms. The van der Waals surface area contributed by atoms with E-state index in [1.807, 2.05) is 12.1 Å². The van der Waals surface area contributed by atoms with Gasteiger partial charge in [-0.25, -0.2) is 4.39 Å². The second kappa shape index (κ2) is 8.18. The number of carbonyl (C=O) groups excluding carboxylic acids is 1. The molecular weight excluding hydrogens is 374 g/mol. The zero-order valence-electron chi connectivity index (χ0n) is 15.4. The molecule has 1 aliphatic heterocycles. The molecule has 150 valence electrons. The lowest BCUT2D eigenvalue weighted by Gasteiger charge is -2.36. The number of likely N-dealkylation sites (N-methyl/N-ethyl adjacent to an activating group) is 1. The minimum absolute atomic E-state index is 0.251. The molecule has 1 amide bonds. The van der Waals surface area contributed by atoms with Gasteiger partial charge in [0.25, 0.3) is 5.91 Å². The molecule has 1 fully saturated rings. The maximum Gasteiger partial charge on any atom is 0.419 e. The van der Waals surface area contributed by atoms with Crippen LogP contribution in [-0.2, 0) is 6.18 Å². The zero-order chi connectivity index (χ0) is 20.3. The summed E-state index contributed by atoms with van der Waals surface area (Å²) in [6, 6.07) is 9.39. The first kappa shape index (κ1) is 20.1. The first-order chi connectivity index (χ1) is 13.3. The molecule has 0 aliphatic carbocycles. The van der Waals surface area contributed by atoms with E-state index in [1.165, 1.54) is 0 Å². The number of rotatable bonds is 4. The maximum absolute atomic E-state index is 13.5. The molecule has 4 nitrogen and oxygen atoms in total. The van der Waals surface area contributed by atoms with Crippen LogP contribution in [0.4, 0.5) is 28.9 Å². The summed E-state index contributed by atoms with van der Waals surface area (Å²) in [4.78, 5) is 17.0. The van der Waals surface area contributed by atoms with Gasteiger partial charge in [-0.1, -0.05) is 19.1 Å². The minimum atomic E-state index is -4.86. The number of amides is 1. The number of anilines is 2. The average molecular weight is 395 g/mol. The molecule has 0 aromatic heterocycles. The molecule has 8 heteroatoms. The number of nitrogens with zero attached hydrogens (tertiary/aromatic N) is 2. The Kier molecular flexibility index (Phi) is 5.88. The summed E-state index contributed by atoms with van der Waals surface area (Å²) in [5.41, 5.74) is -0.386. The highest BCUT2D eigenvalue weighted by Crippen LogP contribution is 2.32. The lowest BCUT2D eigenvalue weighted by molar-refractivity contribution is -0.140. The van der Waals surface area contributed by atoms with Gasteiger partial charge >= 0.3 is 6.18 Å². The number of nitrogens with one attached hydrogen (secondary N) is 1. The summed E-state index contributed by atoms with van der Waals surface area (Å²) in [6.07, 6.45) is -4.86. The Bertz CT molecular complexity index is 846. The van der Waals surface area contributed by atoms with Gasteiger partial charge in [-0.05, 0) is 36.9 Å². The van der Waals surface area contributed by atoms with E-state index in [0.29, 0.717) is 17.8 Å². The van der Waals surface area contributed by atoms with Crippen molar-refractivity contribution < 1.29 is 22.4 Å². The fourth-order valence-electron chi connectivity index (χ4n) is 3.24. The quantitative estimate of drug-likeness (QED) is 0.787. The van der Waals surface area contributed by atoms with Gasteiger partial charge in [0, 0.05) is 31.7 Å². The summed E-state index contributed by atoms with van der Waals surface area (Å²) in [5, 5.41) is 2.66. The summed E-state index contributed by atoms with van der Waals surface area (Å²) in [7, 11) is 0. The second-order valence-corrected chi connectivity index (χ2v) is 6.58. The third-order valence-electron chi connectivity index (χ3n) is 4.85. The maximum atomic E-state index is 13.5. The third-order valence-corrected chi connectivity index (χ3v) is 4.85. The number of hydrogen-bond donors (Lipinski definition) is 1. The minimum Gasteiger partial charge on any atom is -0.367 e. The van der Waals surface area contributed by atoms with Gasteiger partial charge in [0.15, 0.2) is 0 Å². The number of piperazine rings is 1. The van der Waals surface area contributed by atoms with E-state index in [2.05, 4.69) is 22.0 Å². The molecule has 0 atom stereocenters. The van der Waals surface area contributed by atoms with Crippen molar-refractivity contribution >= 4 is 17.3 Å². The van der Waals surface area contributed by atoms with E-state index in [4.69, 9.17) is 0 Å². The van der Waals surface area contributed by atoms with E-state index in [-0.39, 0.29) is 5.56 Å². The largest absolute Gasteiger partial charge is 0.419 e. The summed E-state index contributed by atoms with van der Waals surface area (Å²) >= 11 is 0. The Labute approximate surface area is 160 Å². The first-order valence-corrected chi connectivity index (χ1v) is 9.04. The Morgan fingerprint density at radius 2 is 1.75 bits per heavy atom. The third kappa shape index (κ3) is 4.44. The summed E-state index contributed by atoms with van der Waals surface area (Å²) in [6.45, 7) is 6.43. The highest BCUT2D eigenvalue weighted by atomic mass is 19.4. The Morgan fingerprint density at radius 3 is 2.39 bits per heavy atom. The number of halogens is 4. The highest BCUT2D eigenvalue weighted by Gasteiger charge is 2.34. The number of hydrogen-bond acceptors (Lipinski definition) is 3. The van der Waals surface area contributed by atoms with Crippen LogP contribution in [0, 0.1) is 5.82 Å². The van der Waals surface area contributed by atoms with Crippen LogP contribution < -0.4 is 10.2 Å². The van der Waals surface area contributed by atoms with Crippen molar-refractivity contribution in [1.82, 2.24) is 4.90 Å². The van der Waals surface area contributed by atoms with Gasteiger partial charge in [-0.2, -0.15) is 13.2 Å². The Balaban J connectivity index is 1.80. The molecule has 0 bridgehead atoms. The molecule has 2 aromatic carbocycles. The first-order valence-electron chi connectivity index (χ1n) is 9.04. The Hall–Kier alpha value is -2.61. The van der Waals surface area contributed by atoms with E-state index >= 15 is 0 Å². The van der Waals surface area contributed by atoms with E-state index in [9.17, 15) is 22.4 Å². The van der Waals surface area contributed by atoms with Crippen molar-refractivity contribution in [1.29, 1.82) is 0 Å². The molecule has 0 radical (unpaired) electrons. The van der Waals surface area contributed by atoms with Gasteiger partial charge in [-0.15, -0.1) is 0 Å². The van der Waals surface area contributed by atoms with Crippen molar-refractivity contribution in [3.05, 3.63) is 59.4 Å². The lowest BCUT2D eigenvalue weighted by atomic mass is 10.1. The van der Waals surface area contributed by atoms with E-state index in [0.717, 1.165) is 44.5 Å².